The van der Waals surface area contributed by atoms with Crippen molar-refractivity contribution in [3.05, 3.63) is 47.5 Å². The van der Waals surface area contributed by atoms with Crippen molar-refractivity contribution in [2.75, 3.05) is 5.32 Å². The quantitative estimate of drug-likeness (QED) is 0.480. The molecule has 0 aliphatic heterocycles. The molecule has 27 heavy (non-hydrogen) atoms. The number of hydrogen-bond acceptors (Lipinski definition) is 5. The Bertz CT molecular complexity index is 1140. The summed E-state index contributed by atoms with van der Waals surface area (Å²) in [5.41, 5.74) is 2.58. The first kappa shape index (κ1) is 17.5. The van der Waals surface area contributed by atoms with Crippen molar-refractivity contribution in [3.63, 3.8) is 0 Å². The van der Waals surface area contributed by atoms with Gasteiger partial charge in [0.25, 0.3) is 0 Å². The van der Waals surface area contributed by atoms with Crippen LogP contribution >= 0.6 is 11.3 Å². The maximum absolute atomic E-state index is 13.4. The number of thiazole rings is 1. The van der Waals surface area contributed by atoms with E-state index in [-0.39, 0.29) is 5.78 Å². The Morgan fingerprint density at radius 3 is 2.70 bits per heavy atom. The number of fused-ring (bicyclic) bond motifs is 2. The van der Waals surface area contributed by atoms with Crippen molar-refractivity contribution >= 4 is 49.4 Å². The third-order valence-electron chi connectivity index (χ3n) is 4.33. The number of imidazole rings is 1. The van der Waals surface area contributed by atoms with E-state index in [1.54, 1.807) is 12.1 Å². The lowest BCUT2D eigenvalue weighted by Gasteiger charge is -2.02. The summed E-state index contributed by atoms with van der Waals surface area (Å²) in [5, 5.41) is 3.58. The number of nitrogens with one attached hydrogen (secondary N) is 1. The lowest BCUT2D eigenvalue weighted by molar-refractivity contribution is 0.0982. The molecule has 0 spiro atoms. The maximum Gasteiger partial charge on any atom is 0.209 e. The Labute approximate surface area is 157 Å². The van der Waals surface area contributed by atoms with E-state index >= 15 is 0 Å². The minimum absolute atomic E-state index is 0.0924. The number of anilines is 2. The van der Waals surface area contributed by atoms with Crippen molar-refractivity contribution in [3.8, 4) is 0 Å². The normalized spacial score (nSPS) is 11.4. The molecule has 4 aromatic rings. The molecule has 2 aromatic heterocycles. The molecule has 8 heteroatoms. The molecule has 0 saturated carbocycles. The lowest BCUT2D eigenvalue weighted by atomic mass is 10.1. The number of Topliss-reactive ketones (excluding diaryl/α,β-unsaturated/α-hetero) is 1. The largest absolute Gasteiger partial charge is 0.313 e. The molecule has 2 aromatic carbocycles. The first-order valence-electron chi connectivity index (χ1n) is 8.48. The standard InChI is InChI=1S/C19H16F2N4OS/c1-3-4-16(26)10-5-6-15-13(7-10)22-18(25(15)2)24-19-23-14-8-11(20)12(21)9-17(14)27-19/h5-9H,3-4H2,1-2H3,(H,22,23,24). The van der Waals surface area contributed by atoms with Crippen LogP contribution in [-0.2, 0) is 7.05 Å². The van der Waals surface area contributed by atoms with Crippen LogP contribution in [-0.4, -0.2) is 20.3 Å². The molecule has 2 heterocycles. The van der Waals surface area contributed by atoms with Crippen molar-refractivity contribution in [1.82, 2.24) is 14.5 Å². The number of carbonyl (C=O) groups excluding carboxylic acids is 1. The van der Waals surface area contributed by atoms with E-state index in [9.17, 15) is 13.6 Å². The number of aromatic nitrogens is 3. The number of aryl methyl sites for hydroxylation is 1. The topological polar surface area (TPSA) is 59.8 Å². The van der Waals surface area contributed by atoms with Gasteiger partial charge in [-0.05, 0) is 30.7 Å². The second-order valence-corrected chi connectivity index (χ2v) is 7.28. The second kappa shape index (κ2) is 6.70. The van der Waals surface area contributed by atoms with Crippen LogP contribution < -0.4 is 5.32 Å². The average Bonchev–Trinajstić information content (AvgIpc) is 3.16. The van der Waals surface area contributed by atoms with E-state index in [0.29, 0.717) is 38.8 Å². The van der Waals surface area contributed by atoms with Gasteiger partial charge < -0.3 is 9.88 Å². The highest BCUT2D eigenvalue weighted by Crippen LogP contribution is 2.30. The Kier molecular flexibility index (Phi) is 4.35. The van der Waals surface area contributed by atoms with Crippen LogP contribution in [0.25, 0.3) is 21.3 Å². The van der Waals surface area contributed by atoms with E-state index in [4.69, 9.17) is 0 Å². The van der Waals surface area contributed by atoms with Gasteiger partial charge in [-0.15, -0.1) is 0 Å². The zero-order valence-electron chi connectivity index (χ0n) is 14.7. The van der Waals surface area contributed by atoms with E-state index in [0.717, 1.165) is 24.1 Å². The Hall–Kier alpha value is -2.87. The van der Waals surface area contributed by atoms with Gasteiger partial charge in [0.05, 0.1) is 21.3 Å². The SMILES string of the molecule is CCCC(=O)c1ccc2c(c1)nc(Nc1nc3cc(F)c(F)cc3s1)n2C. The summed E-state index contributed by atoms with van der Waals surface area (Å²) in [6.07, 6.45) is 1.30. The van der Waals surface area contributed by atoms with Gasteiger partial charge in [0.2, 0.25) is 5.95 Å². The summed E-state index contributed by atoms with van der Waals surface area (Å²) in [4.78, 5) is 20.9. The number of ketones is 1. The Balaban J connectivity index is 1.69. The average molecular weight is 386 g/mol. The van der Waals surface area contributed by atoms with Gasteiger partial charge in [-0.25, -0.2) is 18.7 Å². The number of carbonyl (C=O) groups is 1. The molecule has 0 aliphatic rings. The Morgan fingerprint density at radius 1 is 1.15 bits per heavy atom. The van der Waals surface area contributed by atoms with Gasteiger partial charge in [-0.2, -0.15) is 0 Å². The number of halogens is 2. The molecule has 0 radical (unpaired) electrons. The fraction of sp³-hybridized carbons (Fsp3) is 0.211. The van der Waals surface area contributed by atoms with Crippen molar-refractivity contribution < 1.29 is 13.6 Å². The van der Waals surface area contributed by atoms with Crippen LogP contribution in [0.4, 0.5) is 19.9 Å². The summed E-state index contributed by atoms with van der Waals surface area (Å²) in [7, 11) is 1.85. The maximum atomic E-state index is 13.4. The highest BCUT2D eigenvalue weighted by atomic mass is 32.1. The predicted molar refractivity (Wildman–Crippen MR) is 103 cm³/mol. The first-order chi connectivity index (χ1) is 13.0. The minimum atomic E-state index is -0.925. The molecule has 0 aliphatic carbocycles. The van der Waals surface area contributed by atoms with E-state index in [1.807, 2.05) is 24.6 Å². The number of rotatable bonds is 5. The molecule has 5 nitrogen and oxygen atoms in total. The molecule has 0 amide bonds. The van der Waals surface area contributed by atoms with Gasteiger partial charge in [-0.1, -0.05) is 18.3 Å². The third-order valence-corrected chi connectivity index (χ3v) is 5.26. The van der Waals surface area contributed by atoms with E-state index in [1.165, 1.54) is 11.3 Å². The molecule has 0 saturated heterocycles. The van der Waals surface area contributed by atoms with Gasteiger partial charge in [0.15, 0.2) is 22.5 Å². The summed E-state index contributed by atoms with van der Waals surface area (Å²) < 4.78 is 29.1. The second-order valence-electron chi connectivity index (χ2n) is 6.25. The molecular formula is C19H16F2N4OS. The summed E-state index contributed by atoms with van der Waals surface area (Å²) >= 11 is 1.21. The van der Waals surface area contributed by atoms with Gasteiger partial charge >= 0.3 is 0 Å². The van der Waals surface area contributed by atoms with E-state index < -0.39 is 11.6 Å². The van der Waals surface area contributed by atoms with Crippen molar-refractivity contribution in [2.24, 2.45) is 7.05 Å². The predicted octanol–water partition coefficient (Wildman–Crippen LogP) is 5.19. The fourth-order valence-corrected chi connectivity index (χ4v) is 3.80. The van der Waals surface area contributed by atoms with Crippen LogP contribution in [0.5, 0.6) is 0 Å². The molecular weight excluding hydrogens is 370 g/mol. The van der Waals surface area contributed by atoms with Crippen molar-refractivity contribution in [2.45, 2.75) is 19.8 Å². The highest BCUT2D eigenvalue weighted by Gasteiger charge is 2.14. The van der Waals surface area contributed by atoms with Gasteiger partial charge in [0.1, 0.15) is 0 Å². The third kappa shape index (κ3) is 3.16. The molecule has 0 bridgehead atoms. The molecule has 0 unspecified atom stereocenters. The van der Waals surface area contributed by atoms with Crippen molar-refractivity contribution in [1.29, 1.82) is 0 Å². The Morgan fingerprint density at radius 2 is 1.93 bits per heavy atom. The lowest BCUT2D eigenvalue weighted by Crippen LogP contribution is -1.99. The van der Waals surface area contributed by atoms with Gasteiger partial charge in [0, 0.05) is 25.1 Å². The molecule has 138 valence electrons. The van der Waals surface area contributed by atoms with E-state index in [2.05, 4.69) is 15.3 Å². The number of benzene rings is 2. The van der Waals surface area contributed by atoms with Crippen LogP contribution in [0.15, 0.2) is 30.3 Å². The highest BCUT2D eigenvalue weighted by molar-refractivity contribution is 7.22. The molecule has 4 rings (SSSR count). The summed E-state index contributed by atoms with van der Waals surface area (Å²) in [6.45, 7) is 1.97. The monoisotopic (exact) mass is 386 g/mol. The minimum Gasteiger partial charge on any atom is -0.313 e. The molecule has 1 N–H and O–H groups in total. The zero-order chi connectivity index (χ0) is 19.1. The number of nitrogens with zero attached hydrogens (tertiary/aromatic N) is 3. The summed E-state index contributed by atoms with van der Waals surface area (Å²) in [6, 6.07) is 7.65. The molecule has 0 fully saturated rings. The smallest absolute Gasteiger partial charge is 0.209 e. The summed E-state index contributed by atoms with van der Waals surface area (Å²) in [5.74, 6) is -1.20. The zero-order valence-corrected chi connectivity index (χ0v) is 15.5. The van der Waals surface area contributed by atoms with Crippen LogP contribution in [0.3, 0.4) is 0 Å². The fourth-order valence-electron chi connectivity index (χ4n) is 2.93. The van der Waals surface area contributed by atoms with Crippen LogP contribution in [0.2, 0.25) is 0 Å². The number of hydrogen-bond donors (Lipinski definition) is 1. The first-order valence-corrected chi connectivity index (χ1v) is 9.30. The molecule has 0 atom stereocenters. The van der Waals surface area contributed by atoms with Gasteiger partial charge in [-0.3, -0.25) is 4.79 Å². The van der Waals surface area contributed by atoms with Crippen LogP contribution in [0.1, 0.15) is 30.1 Å². The van der Waals surface area contributed by atoms with Crippen LogP contribution in [0, 0.1) is 11.6 Å².